The number of aromatic nitrogens is 2. The first-order valence-electron chi connectivity index (χ1n) is 6.54. The molecule has 1 aliphatic rings. The van der Waals surface area contributed by atoms with E-state index < -0.39 is 0 Å². The Bertz CT molecular complexity index is 321. The molecule has 1 fully saturated rings. The van der Waals surface area contributed by atoms with E-state index in [1.165, 1.54) is 41.5 Å². The SMILES string of the molecule is CCNCCCc1nnc(C2CCCCS2)s1. The molecule has 5 heteroatoms. The molecule has 1 atom stereocenters. The molecule has 0 amide bonds. The molecule has 1 aromatic heterocycles. The first kappa shape index (κ1) is 13.3. The van der Waals surface area contributed by atoms with Crippen molar-refractivity contribution in [3.05, 3.63) is 10.0 Å². The van der Waals surface area contributed by atoms with E-state index in [4.69, 9.17) is 0 Å². The minimum atomic E-state index is 0.628. The fourth-order valence-corrected chi connectivity index (χ4v) is 4.40. The summed E-state index contributed by atoms with van der Waals surface area (Å²) >= 11 is 3.88. The van der Waals surface area contributed by atoms with Crippen molar-refractivity contribution in [1.82, 2.24) is 15.5 Å². The van der Waals surface area contributed by atoms with Gasteiger partial charge in [-0.15, -0.1) is 21.5 Å². The summed E-state index contributed by atoms with van der Waals surface area (Å²) in [4.78, 5) is 0. The lowest BCUT2D eigenvalue weighted by Gasteiger charge is -2.17. The van der Waals surface area contributed by atoms with Gasteiger partial charge in [0.25, 0.3) is 0 Å². The van der Waals surface area contributed by atoms with Crippen LogP contribution in [0.25, 0.3) is 0 Å². The van der Waals surface area contributed by atoms with Crippen molar-refractivity contribution in [2.75, 3.05) is 18.8 Å². The third-order valence-corrected chi connectivity index (χ3v) is 5.56. The van der Waals surface area contributed by atoms with Crippen molar-refractivity contribution in [1.29, 1.82) is 0 Å². The maximum atomic E-state index is 4.37. The van der Waals surface area contributed by atoms with Gasteiger partial charge in [0, 0.05) is 6.42 Å². The summed E-state index contributed by atoms with van der Waals surface area (Å²) in [5.41, 5.74) is 0. The van der Waals surface area contributed by atoms with Gasteiger partial charge in [-0.1, -0.05) is 13.3 Å². The number of aryl methyl sites for hydroxylation is 1. The summed E-state index contributed by atoms with van der Waals surface area (Å²) in [6, 6.07) is 0. The van der Waals surface area contributed by atoms with Crippen molar-refractivity contribution < 1.29 is 0 Å². The van der Waals surface area contributed by atoms with E-state index in [2.05, 4.69) is 34.2 Å². The van der Waals surface area contributed by atoms with Gasteiger partial charge in [0.1, 0.15) is 10.0 Å². The van der Waals surface area contributed by atoms with Crippen molar-refractivity contribution in [2.24, 2.45) is 0 Å². The smallest absolute Gasteiger partial charge is 0.130 e. The van der Waals surface area contributed by atoms with Crippen LogP contribution >= 0.6 is 23.1 Å². The van der Waals surface area contributed by atoms with Gasteiger partial charge in [0.05, 0.1) is 5.25 Å². The Hall–Kier alpha value is -0.130. The quantitative estimate of drug-likeness (QED) is 0.807. The van der Waals surface area contributed by atoms with E-state index in [1.54, 1.807) is 0 Å². The van der Waals surface area contributed by atoms with E-state index in [-0.39, 0.29) is 0 Å². The minimum Gasteiger partial charge on any atom is -0.317 e. The van der Waals surface area contributed by atoms with Crippen LogP contribution in [0.4, 0.5) is 0 Å². The fraction of sp³-hybridized carbons (Fsp3) is 0.833. The number of hydrogen-bond donors (Lipinski definition) is 1. The van der Waals surface area contributed by atoms with E-state index >= 15 is 0 Å². The molecule has 1 N–H and O–H groups in total. The van der Waals surface area contributed by atoms with Gasteiger partial charge in [0.2, 0.25) is 0 Å². The molecule has 0 spiro atoms. The Balaban J connectivity index is 1.78. The van der Waals surface area contributed by atoms with Crippen LogP contribution in [0.3, 0.4) is 0 Å². The van der Waals surface area contributed by atoms with Crippen molar-refractivity contribution in [3.63, 3.8) is 0 Å². The number of rotatable bonds is 6. The van der Waals surface area contributed by atoms with Crippen LogP contribution in [-0.2, 0) is 6.42 Å². The van der Waals surface area contributed by atoms with Gasteiger partial charge in [-0.05, 0) is 38.1 Å². The zero-order chi connectivity index (χ0) is 11.9. The third-order valence-electron chi connectivity index (χ3n) is 2.93. The predicted molar refractivity (Wildman–Crippen MR) is 75.8 cm³/mol. The highest BCUT2D eigenvalue weighted by molar-refractivity contribution is 7.99. The number of nitrogens with one attached hydrogen (secondary N) is 1. The molecule has 1 aromatic rings. The van der Waals surface area contributed by atoms with Gasteiger partial charge in [-0.3, -0.25) is 0 Å². The summed E-state index contributed by atoms with van der Waals surface area (Å²) in [5.74, 6) is 1.29. The third kappa shape index (κ3) is 4.23. The van der Waals surface area contributed by atoms with Crippen molar-refractivity contribution in [3.8, 4) is 0 Å². The molecule has 96 valence electrons. The van der Waals surface area contributed by atoms with E-state index in [1.807, 2.05) is 11.3 Å². The monoisotopic (exact) mass is 271 g/mol. The van der Waals surface area contributed by atoms with Crippen LogP contribution in [0.2, 0.25) is 0 Å². The van der Waals surface area contributed by atoms with Gasteiger partial charge in [-0.2, -0.15) is 11.8 Å². The maximum Gasteiger partial charge on any atom is 0.130 e. The van der Waals surface area contributed by atoms with Gasteiger partial charge < -0.3 is 5.32 Å². The molecule has 1 saturated heterocycles. The Morgan fingerprint density at radius 3 is 3.06 bits per heavy atom. The Kier molecular flexibility index (Phi) is 5.74. The number of nitrogens with zero attached hydrogens (tertiary/aromatic N) is 2. The minimum absolute atomic E-state index is 0.628. The van der Waals surface area contributed by atoms with E-state index in [0.717, 1.165) is 19.5 Å². The second-order valence-electron chi connectivity index (χ2n) is 4.35. The summed E-state index contributed by atoms with van der Waals surface area (Å²) in [7, 11) is 0. The zero-order valence-corrected chi connectivity index (χ0v) is 12.1. The highest BCUT2D eigenvalue weighted by atomic mass is 32.2. The topological polar surface area (TPSA) is 37.8 Å². The van der Waals surface area contributed by atoms with Gasteiger partial charge >= 0.3 is 0 Å². The summed E-state index contributed by atoms with van der Waals surface area (Å²) in [6.07, 6.45) is 6.25. The molecular weight excluding hydrogens is 250 g/mol. The van der Waals surface area contributed by atoms with Crippen molar-refractivity contribution >= 4 is 23.1 Å². The maximum absolute atomic E-state index is 4.37. The van der Waals surface area contributed by atoms with E-state index in [0.29, 0.717) is 5.25 Å². The first-order valence-corrected chi connectivity index (χ1v) is 8.41. The second kappa shape index (κ2) is 7.34. The van der Waals surface area contributed by atoms with Crippen LogP contribution in [0.1, 0.15) is 47.9 Å². The molecule has 1 unspecified atom stereocenters. The Morgan fingerprint density at radius 1 is 1.35 bits per heavy atom. The molecule has 1 aliphatic heterocycles. The largest absolute Gasteiger partial charge is 0.317 e. The summed E-state index contributed by atoms with van der Waals surface area (Å²) in [6.45, 7) is 4.28. The molecule has 0 aliphatic carbocycles. The Morgan fingerprint density at radius 2 is 2.29 bits per heavy atom. The number of thioether (sulfide) groups is 1. The van der Waals surface area contributed by atoms with Gasteiger partial charge in [-0.25, -0.2) is 0 Å². The van der Waals surface area contributed by atoms with Gasteiger partial charge in [0.15, 0.2) is 0 Å². The van der Waals surface area contributed by atoms with E-state index in [9.17, 15) is 0 Å². The predicted octanol–water partition coefficient (Wildman–Crippen LogP) is 3.04. The lowest BCUT2D eigenvalue weighted by molar-refractivity contribution is 0.666. The summed E-state index contributed by atoms with van der Waals surface area (Å²) in [5, 5.41) is 15.1. The standard InChI is InChI=1S/C12H21N3S2/c1-2-13-8-5-7-11-14-15-12(17-11)10-6-3-4-9-16-10/h10,13H,2-9H2,1H3. The highest BCUT2D eigenvalue weighted by Crippen LogP contribution is 2.39. The molecular formula is C12H21N3S2. The average molecular weight is 271 g/mol. The molecule has 0 saturated carbocycles. The van der Waals surface area contributed by atoms with Crippen molar-refractivity contribution in [2.45, 2.75) is 44.3 Å². The molecule has 2 heterocycles. The molecule has 0 bridgehead atoms. The molecule has 0 aromatic carbocycles. The second-order valence-corrected chi connectivity index (χ2v) is 6.75. The Labute approximate surface area is 112 Å². The molecule has 3 nitrogen and oxygen atoms in total. The number of hydrogen-bond acceptors (Lipinski definition) is 5. The average Bonchev–Trinajstić information content (AvgIpc) is 2.85. The highest BCUT2D eigenvalue weighted by Gasteiger charge is 2.19. The first-order chi connectivity index (χ1) is 8.40. The normalized spacial score (nSPS) is 20.6. The molecule has 0 radical (unpaired) electrons. The van der Waals surface area contributed by atoms with Crippen LogP contribution in [0.15, 0.2) is 0 Å². The van der Waals surface area contributed by atoms with Crippen LogP contribution < -0.4 is 5.32 Å². The van der Waals surface area contributed by atoms with Crippen LogP contribution in [0, 0.1) is 0 Å². The fourth-order valence-electron chi connectivity index (χ4n) is 1.97. The lowest BCUT2D eigenvalue weighted by Crippen LogP contribution is -2.14. The molecule has 17 heavy (non-hydrogen) atoms. The summed E-state index contributed by atoms with van der Waals surface area (Å²) < 4.78 is 0. The van der Waals surface area contributed by atoms with Crippen LogP contribution in [-0.4, -0.2) is 29.0 Å². The lowest BCUT2D eigenvalue weighted by atomic mass is 10.2. The van der Waals surface area contributed by atoms with Crippen LogP contribution in [0.5, 0.6) is 0 Å². The molecule has 2 rings (SSSR count). The zero-order valence-electron chi connectivity index (χ0n) is 10.4.